The van der Waals surface area contributed by atoms with E-state index >= 15 is 0 Å². The number of carbonyl (C=O) groups is 3. The molecule has 1 N–H and O–H groups in total. The minimum Gasteiger partial charge on any atom is -0.481 e. The quantitative estimate of drug-likeness (QED) is 0.813. The van der Waals surface area contributed by atoms with Gasteiger partial charge in [-0.1, -0.05) is 23.7 Å². The zero-order valence-electron chi connectivity index (χ0n) is 14.0. The summed E-state index contributed by atoms with van der Waals surface area (Å²) in [6.07, 6.45) is 3.26. The summed E-state index contributed by atoms with van der Waals surface area (Å²) in [6.45, 7) is 2.68. The Morgan fingerprint density at radius 2 is 2.16 bits per heavy atom. The Hall–Kier alpha value is -2.34. The lowest BCUT2D eigenvalue weighted by Gasteiger charge is -2.28. The molecule has 0 saturated carbocycles. The minimum atomic E-state index is -0.943. The fourth-order valence-electron chi connectivity index (χ4n) is 2.76. The van der Waals surface area contributed by atoms with Crippen LogP contribution in [0.1, 0.15) is 25.3 Å². The maximum atomic E-state index is 12.5. The van der Waals surface area contributed by atoms with Crippen molar-refractivity contribution in [3.8, 4) is 0 Å². The molecule has 1 aliphatic heterocycles. The van der Waals surface area contributed by atoms with Crippen molar-refractivity contribution in [2.75, 3.05) is 19.6 Å². The van der Waals surface area contributed by atoms with Crippen molar-refractivity contribution in [2.24, 2.45) is 0 Å². The number of carbonyl (C=O) groups excluding carboxylic acids is 2. The number of halogens is 1. The number of aliphatic carboxylic acids is 1. The lowest BCUT2D eigenvalue weighted by Crippen LogP contribution is -2.42. The summed E-state index contributed by atoms with van der Waals surface area (Å²) in [7, 11) is 0. The molecular formula is C18H21ClN2O4. The third-order valence-electron chi connectivity index (χ3n) is 4.08. The Kier molecular flexibility index (Phi) is 6.58. The number of carboxylic acids is 1. The van der Waals surface area contributed by atoms with Crippen molar-refractivity contribution in [3.63, 3.8) is 0 Å². The molecular weight excluding hydrogens is 344 g/mol. The van der Waals surface area contributed by atoms with E-state index < -0.39 is 5.97 Å². The molecule has 0 unspecified atom stereocenters. The Morgan fingerprint density at radius 3 is 2.84 bits per heavy atom. The Bertz CT molecular complexity index is 689. The molecule has 1 fully saturated rings. The normalized spacial score (nSPS) is 18.5. The molecule has 7 heteroatoms. The van der Waals surface area contributed by atoms with E-state index in [9.17, 15) is 14.4 Å². The molecule has 1 aliphatic rings. The number of hydrogen-bond donors (Lipinski definition) is 1. The van der Waals surface area contributed by atoms with E-state index in [1.165, 1.54) is 11.0 Å². The molecule has 2 amide bonds. The van der Waals surface area contributed by atoms with Crippen LogP contribution >= 0.6 is 11.6 Å². The number of amides is 2. The van der Waals surface area contributed by atoms with Gasteiger partial charge in [-0.15, -0.1) is 0 Å². The highest BCUT2D eigenvalue weighted by Crippen LogP contribution is 2.15. The molecule has 1 aromatic carbocycles. The van der Waals surface area contributed by atoms with Gasteiger partial charge in [-0.3, -0.25) is 14.4 Å². The van der Waals surface area contributed by atoms with Crippen molar-refractivity contribution >= 4 is 35.5 Å². The first kappa shape index (κ1) is 19.0. The first-order valence-corrected chi connectivity index (χ1v) is 8.48. The third kappa shape index (κ3) is 5.60. The van der Waals surface area contributed by atoms with E-state index in [0.717, 1.165) is 5.56 Å². The minimum absolute atomic E-state index is 0.0962. The summed E-state index contributed by atoms with van der Waals surface area (Å²) in [4.78, 5) is 38.5. The molecule has 0 spiro atoms. The summed E-state index contributed by atoms with van der Waals surface area (Å²) < 4.78 is 0. The van der Waals surface area contributed by atoms with E-state index in [1.54, 1.807) is 29.2 Å². The van der Waals surface area contributed by atoms with E-state index in [-0.39, 0.29) is 37.2 Å². The van der Waals surface area contributed by atoms with Crippen LogP contribution in [0.3, 0.4) is 0 Å². The van der Waals surface area contributed by atoms with Crippen LogP contribution in [0.2, 0.25) is 5.02 Å². The lowest BCUT2D eigenvalue weighted by molar-refractivity contribution is -0.138. The van der Waals surface area contributed by atoms with E-state index in [1.807, 2.05) is 13.0 Å². The van der Waals surface area contributed by atoms with Crippen molar-refractivity contribution < 1.29 is 19.5 Å². The van der Waals surface area contributed by atoms with Gasteiger partial charge in [-0.05, 0) is 30.7 Å². The Balaban J connectivity index is 2.02. The fraction of sp³-hybridized carbons (Fsp3) is 0.389. The maximum absolute atomic E-state index is 12.5. The number of carboxylic acid groups (broad SMARTS) is 1. The molecule has 1 aromatic rings. The number of nitrogens with zero attached hydrogens (tertiary/aromatic N) is 2. The van der Waals surface area contributed by atoms with Crippen LogP contribution in [0.4, 0.5) is 0 Å². The van der Waals surface area contributed by atoms with Gasteiger partial charge in [-0.2, -0.15) is 0 Å². The van der Waals surface area contributed by atoms with Crippen LogP contribution in [-0.2, 0) is 14.4 Å². The second-order valence-electron chi connectivity index (χ2n) is 6.00. The summed E-state index contributed by atoms with van der Waals surface area (Å²) in [6, 6.07) is 6.99. The predicted octanol–water partition coefficient (Wildman–Crippen LogP) is 2.28. The highest BCUT2D eigenvalue weighted by molar-refractivity contribution is 6.30. The molecule has 6 nitrogen and oxygen atoms in total. The van der Waals surface area contributed by atoms with Crippen LogP contribution < -0.4 is 0 Å². The van der Waals surface area contributed by atoms with Gasteiger partial charge in [0.15, 0.2) is 0 Å². The van der Waals surface area contributed by atoms with Gasteiger partial charge in [0, 0.05) is 43.2 Å². The largest absolute Gasteiger partial charge is 0.481 e. The van der Waals surface area contributed by atoms with Crippen LogP contribution in [0.15, 0.2) is 30.3 Å². The monoisotopic (exact) mass is 364 g/mol. The number of rotatable bonds is 5. The third-order valence-corrected chi connectivity index (χ3v) is 4.32. The smallest absolute Gasteiger partial charge is 0.305 e. The molecule has 1 heterocycles. The zero-order valence-corrected chi connectivity index (χ0v) is 14.8. The summed E-state index contributed by atoms with van der Waals surface area (Å²) in [5.74, 6) is -1.25. The summed E-state index contributed by atoms with van der Waals surface area (Å²) in [5.41, 5.74) is 0.822. The summed E-state index contributed by atoms with van der Waals surface area (Å²) >= 11 is 5.92. The first-order chi connectivity index (χ1) is 11.9. The van der Waals surface area contributed by atoms with Gasteiger partial charge >= 0.3 is 5.97 Å². The SMILES string of the molecule is C[C@@H]1CN(CCC(=O)O)C(=O)CCN1C(=O)C=Cc1cccc(Cl)c1. The molecule has 0 aliphatic carbocycles. The fourth-order valence-corrected chi connectivity index (χ4v) is 2.96. The van der Waals surface area contributed by atoms with Crippen LogP contribution in [0.25, 0.3) is 6.08 Å². The maximum Gasteiger partial charge on any atom is 0.305 e. The highest BCUT2D eigenvalue weighted by Gasteiger charge is 2.28. The Labute approximate surface area is 151 Å². The molecule has 0 aromatic heterocycles. The zero-order chi connectivity index (χ0) is 18.4. The van der Waals surface area contributed by atoms with Gasteiger partial charge in [-0.25, -0.2) is 0 Å². The van der Waals surface area contributed by atoms with Crippen LogP contribution in [-0.4, -0.2) is 58.4 Å². The van der Waals surface area contributed by atoms with Gasteiger partial charge in [0.25, 0.3) is 0 Å². The number of benzene rings is 1. The number of hydrogen-bond acceptors (Lipinski definition) is 3. The molecule has 0 radical (unpaired) electrons. The predicted molar refractivity (Wildman–Crippen MR) is 95.1 cm³/mol. The molecule has 2 rings (SSSR count). The topological polar surface area (TPSA) is 77.9 Å². The van der Waals surface area contributed by atoms with Crippen molar-refractivity contribution in [1.82, 2.24) is 9.80 Å². The van der Waals surface area contributed by atoms with Gasteiger partial charge in [0.2, 0.25) is 11.8 Å². The van der Waals surface area contributed by atoms with E-state index in [2.05, 4.69) is 0 Å². The average molecular weight is 365 g/mol. The van der Waals surface area contributed by atoms with Crippen molar-refractivity contribution in [2.45, 2.75) is 25.8 Å². The molecule has 0 bridgehead atoms. The highest BCUT2D eigenvalue weighted by atomic mass is 35.5. The summed E-state index contributed by atoms with van der Waals surface area (Å²) in [5, 5.41) is 9.38. The average Bonchev–Trinajstić information content (AvgIpc) is 2.70. The van der Waals surface area contributed by atoms with E-state index in [0.29, 0.717) is 18.1 Å². The van der Waals surface area contributed by atoms with Crippen molar-refractivity contribution in [3.05, 3.63) is 40.9 Å². The van der Waals surface area contributed by atoms with Gasteiger partial charge in [0.1, 0.15) is 0 Å². The standard InChI is InChI=1S/C18H21ClN2O4/c1-13-12-20(9-8-18(24)25)16(22)7-10-21(13)17(23)6-5-14-3-2-4-15(19)11-14/h2-6,11,13H,7-10,12H2,1H3,(H,24,25)/t13-/m1/s1. The lowest BCUT2D eigenvalue weighted by atomic mass is 10.2. The second kappa shape index (κ2) is 8.67. The molecule has 25 heavy (non-hydrogen) atoms. The molecule has 1 atom stereocenters. The van der Waals surface area contributed by atoms with E-state index in [4.69, 9.17) is 16.7 Å². The second-order valence-corrected chi connectivity index (χ2v) is 6.44. The molecule has 1 saturated heterocycles. The van der Waals surface area contributed by atoms with Gasteiger partial charge in [0.05, 0.1) is 6.42 Å². The van der Waals surface area contributed by atoms with Gasteiger partial charge < -0.3 is 14.9 Å². The van der Waals surface area contributed by atoms with Crippen LogP contribution in [0.5, 0.6) is 0 Å². The van der Waals surface area contributed by atoms with Crippen molar-refractivity contribution in [1.29, 1.82) is 0 Å². The molecule has 134 valence electrons. The Morgan fingerprint density at radius 1 is 1.40 bits per heavy atom. The first-order valence-electron chi connectivity index (χ1n) is 8.10. The van der Waals surface area contributed by atoms with Crippen LogP contribution in [0, 0.1) is 0 Å².